The summed E-state index contributed by atoms with van der Waals surface area (Å²) < 4.78 is 25.5. The van der Waals surface area contributed by atoms with Crippen LogP contribution in [-0.2, 0) is 14.8 Å². The number of aromatic nitrogens is 2. The summed E-state index contributed by atoms with van der Waals surface area (Å²) in [5.74, 6) is -0.171. The van der Waals surface area contributed by atoms with Crippen LogP contribution in [0.1, 0.15) is 13.3 Å². The molecule has 0 aliphatic heterocycles. The fourth-order valence-electron chi connectivity index (χ4n) is 2.78. The molecule has 1 atom stereocenters. The van der Waals surface area contributed by atoms with E-state index >= 15 is 0 Å². The van der Waals surface area contributed by atoms with E-state index in [1.807, 2.05) is 43.3 Å². The minimum Gasteiger partial charge on any atom is -0.325 e. The lowest BCUT2D eigenvalue weighted by molar-refractivity contribution is -0.115. The Morgan fingerprint density at radius 3 is 2.35 bits per heavy atom. The average molecular weight is 457 g/mol. The van der Waals surface area contributed by atoms with Crippen LogP contribution in [0.15, 0.2) is 76.9 Å². The number of nitrogens with one attached hydrogen (secondary N) is 1. The second-order valence-corrected chi connectivity index (χ2v) is 10.3. The minimum absolute atomic E-state index is 0.171. The summed E-state index contributed by atoms with van der Waals surface area (Å²) in [6.07, 6.45) is 2.10. The molecule has 0 fully saturated rings. The molecule has 1 amide bonds. The Labute approximate surface area is 187 Å². The molecule has 7 nitrogen and oxygen atoms in total. The number of carbonyl (C=O) groups excluding carboxylic acids is 1. The number of hydrogen-bond acceptors (Lipinski definition) is 6. The summed E-state index contributed by atoms with van der Waals surface area (Å²) in [6.45, 7) is 1.93. The van der Waals surface area contributed by atoms with E-state index in [-0.39, 0.29) is 16.1 Å². The number of amides is 1. The number of rotatable bonds is 8. The molecular formula is C22H24N4O3S2. The van der Waals surface area contributed by atoms with Crippen molar-refractivity contribution < 1.29 is 13.2 Å². The first-order valence-electron chi connectivity index (χ1n) is 9.69. The Bertz CT molecular complexity index is 1130. The average Bonchev–Trinajstić information content (AvgIpc) is 2.78. The van der Waals surface area contributed by atoms with Gasteiger partial charge in [-0.3, -0.25) is 4.79 Å². The highest BCUT2D eigenvalue weighted by Crippen LogP contribution is 2.28. The number of thioether (sulfide) groups is 1. The molecule has 2 aromatic carbocycles. The van der Waals surface area contributed by atoms with Crippen LogP contribution in [0.2, 0.25) is 0 Å². The molecule has 162 valence electrons. The van der Waals surface area contributed by atoms with Crippen LogP contribution in [0.25, 0.3) is 11.3 Å². The molecule has 31 heavy (non-hydrogen) atoms. The summed E-state index contributed by atoms with van der Waals surface area (Å²) >= 11 is 1.37. The number of nitrogens with zero attached hydrogens (tertiary/aromatic N) is 3. The SMILES string of the molecule is CCC(Sc1cc(-c2ccccc2)ncn1)C(=O)Nc1ccc(S(=O)(=O)N(C)C)cc1. The highest BCUT2D eigenvalue weighted by molar-refractivity contribution is 8.00. The van der Waals surface area contributed by atoms with Gasteiger partial charge in [0.2, 0.25) is 15.9 Å². The van der Waals surface area contributed by atoms with Crippen LogP contribution in [0.4, 0.5) is 5.69 Å². The maximum absolute atomic E-state index is 12.8. The maximum atomic E-state index is 12.8. The van der Waals surface area contributed by atoms with E-state index in [0.717, 1.165) is 15.6 Å². The highest BCUT2D eigenvalue weighted by Gasteiger charge is 2.20. The fourth-order valence-corrected chi connectivity index (χ4v) is 4.60. The van der Waals surface area contributed by atoms with E-state index < -0.39 is 10.0 Å². The minimum atomic E-state index is -3.51. The smallest absolute Gasteiger partial charge is 0.242 e. The van der Waals surface area contributed by atoms with Crippen molar-refractivity contribution in [3.05, 3.63) is 67.0 Å². The van der Waals surface area contributed by atoms with Gasteiger partial charge in [-0.05, 0) is 36.8 Å². The van der Waals surface area contributed by atoms with Crippen LogP contribution in [0.3, 0.4) is 0 Å². The first kappa shape index (κ1) is 22.9. The van der Waals surface area contributed by atoms with Gasteiger partial charge >= 0.3 is 0 Å². The second-order valence-electron chi connectivity index (χ2n) is 6.92. The molecular weight excluding hydrogens is 432 g/mol. The lowest BCUT2D eigenvalue weighted by Crippen LogP contribution is -2.25. The summed E-state index contributed by atoms with van der Waals surface area (Å²) in [5, 5.41) is 3.21. The molecule has 3 rings (SSSR count). The third-order valence-corrected chi connectivity index (χ3v) is 7.66. The lowest BCUT2D eigenvalue weighted by atomic mass is 10.1. The number of anilines is 1. The molecule has 1 N–H and O–H groups in total. The van der Waals surface area contributed by atoms with E-state index in [0.29, 0.717) is 17.1 Å². The Kier molecular flexibility index (Phi) is 7.42. The van der Waals surface area contributed by atoms with Crippen LogP contribution in [0.5, 0.6) is 0 Å². The van der Waals surface area contributed by atoms with Crippen molar-refractivity contribution in [2.45, 2.75) is 28.5 Å². The summed E-state index contributed by atoms with van der Waals surface area (Å²) in [4.78, 5) is 21.6. The van der Waals surface area contributed by atoms with E-state index in [9.17, 15) is 13.2 Å². The standard InChI is InChI=1S/C22H24N4O3S2/c1-4-20(30-21-14-19(23-15-24-21)16-8-6-5-7-9-16)22(27)25-17-10-12-18(13-11-17)31(28,29)26(2)3/h5-15,20H,4H2,1-3H3,(H,25,27). The molecule has 9 heteroatoms. The third kappa shape index (κ3) is 5.69. The van der Waals surface area contributed by atoms with Gasteiger partial charge in [0.25, 0.3) is 0 Å². The first-order chi connectivity index (χ1) is 14.8. The molecule has 0 aliphatic rings. The van der Waals surface area contributed by atoms with Crippen LogP contribution < -0.4 is 5.32 Å². The fraction of sp³-hybridized carbons (Fsp3) is 0.227. The maximum Gasteiger partial charge on any atom is 0.242 e. The predicted octanol–water partition coefficient (Wildman–Crippen LogP) is 3.90. The topological polar surface area (TPSA) is 92.3 Å². The van der Waals surface area contributed by atoms with Crippen molar-refractivity contribution in [3.63, 3.8) is 0 Å². The van der Waals surface area contributed by atoms with E-state index in [2.05, 4.69) is 15.3 Å². The van der Waals surface area contributed by atoms with Crippen molar-refractivity contribution in [2.24, 2.45) is 0 Å². The quantitative estimate of drug-likeness (QED) is 0.408. The largest absolute Gasteiger partial charge is 0.325 e. The Morgan fingerprint density at radius 1 is 1.06 bits per heavy atom. The number of carbonyl (C=O) groups is 1. The molecule has 1 unspecified atom stereocenters. The first-order valence-corrected chi connectivity index (χ1v) is 12.0. The highest BCUT2D eigenvalue weighted by atomic mass is 32.2. The molecule has 0 spiro atoms. The van der Waals surface area contributed by atoms with Crippen molar-refractivity contribution >= 4 is 33.4 Å². The van der Waals surface area contributed by atoms with Gasteiger partial charge in [0.1, 0.15) is 11.4 Å². The zero-order valence-electron chi connectivity index (χ0n) is 17.5. The van der Waals surface area contributed by atoms with Crippen molar-refractivity contribution in [1.82, 2.24) is 14.3 Å². The lowest BCUT2D eigenvalue weighted by Gasteiger charge is -2.15. The molecule has 0 saturated heterocycles. The van der Waals surface area contributed by atoms with Crippen molar-refractivity contribution in [1.29, 1.82) is 0 Å². The van der Waals surface area contributed by atoms with Gasteiger partial charge in [-0.1, -0.05) is 49.0 Å². The molecule has 0 bridgehead atoms. The van der Waals surface area contributed by atoms with Crippen molar-refractivity contribution in [3.8, 4) is 11.3 Å². The zero-order chi connectivity index (χ0) is 22.4. The zero-order valence-corrected chi connectivity index (χ0v) is 19.2. The van der Waals surface area contributed by atoms with Crippen LogP contribution in [-0.4, -0.2) is 47.9 Å². The molecule has 0 aliphatic carbocycles. The number of hydrogen-bond donors (Lipinski definition) is 1. The third-order valence-electron chi connectivity index (χ3n) is 4.54. The molecule has 1 aromatic heterocycles. The van der Waals surface area contributed by atoms with Gasteiger partial charge in [-0.2, -0.15) is 0 Å². The number of benzene rings is 2. The molecule has 3 aromatic rings. The van der Waals surface area contributed by atoms with Crippen LogP contribution >= 0.6 is 11.8 Å². The summed E-state index contributed by atoms with van der Waals surface area (Å²) in [6, 6.07) is 17.8. The van der Waals surface area contributed by atoms with Gasteiger partial charge in [-0.15, -0.1) is 0 Å². The molecule has 0 saturated carbocycles. The van der Waals surface area contributed by atoms with Gasteiger partial charge in [0.05, 0.1) is 15.8 Å². The Hall–Kier alpha value is -2.75. The molecule has 1 heterocycles. The molecule has 0 radical (unpaired) electrons. The van der Waals surface area contributed by atoms with Gasteiger partial charge in [0.15, 0.2) is 0 Å². The van der Waals surface area contributed by atoms with Gasteiger partial charge < -0.3 is 5.32 Å². The Morgan fingerprint density at radius 2 is 1.74 bits per heavy atom. The van der Waals surface area contributed by atoms with Gasteiger partial charge in [-0.25, -0.2) is 22.7 Å². The van der Waals surface area contributed by atoms with Gasteiger partial charge in [0, 0.05) is 25.3 Å². The normalized spacial score (nSPS) is 12.5. The Balaban J connectivity index is 1.70. The van der Waals surface area contributed by atoms with Crippen LogP contribution in [0, 0.1) is 0 Å². The predicted molar refractivity (Wildman–Crippen MR) is 123 cm³/mol. The van der Waals surface area contributed by atoms with E-state index in [4.69, 9.17) is 0 Å². The number of sulfonamides is 1. The monoisotopic (exact) mass is 456 g/mol. The summed E-state index contributed by atoms with van der Waals surface area (Å²) in [5.41, 5.74) is 2.32. The van der Waals surface area contributed by atoms with Crippen molar-refractivity contribution in [2.75, 3.05) is 19.4 Å². The second kappa shape index (κ2) is 10.0. The van der Waals surface area contributed by atoms with E-state index in [1.54, 1.807) is 12.1 Å². The van der Waals surface area contributed by atoms with E-state index in [1.165, 1.54) is 44.3 Å². The summed E-state index contributed by atoms with van der Waals surface area (Å²) in [7, 11) is -0.555.